The normalized spacial score (nSPS) is 34.2. The lowest BCUT2D eigenvalue weighted by molar-refractivity contribution is -0.316. The average Bonchev–Trinajstić information content (AvgIpc) is 3.65. The SMILES string of the molecule is [3H]O[C@@H](C(=O)O[C@H]1C[C@@]2(O)[C@@H](OC(=O)c3ccccc3)[C@H]3[C@@](C)(C=C[C@H]4OC[C@]43OC(C)=O)[C@@H]3O[C@H](C=C)O[C@@H]3C(=C1C)C2(C)C)[C@@H](NC(=O)OC(C)(C)C)c1ccc(OC)cn1. The Labute approximate surface area is 362 Å². The summed E-state index contributed by atoms with van der Waals surface area (Å²) >= 11 is 0. The number of rotatable bonds is 11. The molecule has 3 heterocycles. The number of ether oxygens (including phenoxy) is 8. The lowest BCUT2D eigenvalue weighted by Gasteiger charge is -2.66. The topological polar surface area (TPSA) is 207 Å². The van der Waals surface area contributed by atoms with Gasteiger partial charge in [-0.3, -0.25) is 9.78 Å². The smallest absolute Gasteiger partial charge is 0.408 e. The Bertz CT molecular complexity index is 2170. The van der Waals surface area contributed by atoms with Crippen molar-refractivity contribution in [1.29, 1.82) is 1.43 Å². The van der Waals surface area contributed by atoms with Crippen LogP contribution in [0.2, 0.25) is 0 Å². The summed E-state index contributed by atoms with van der Waals surface area (Å²) in [6.45, 7) is 17.3. The van der Waals surface area contributed by atoms with Crippen molar-refractivity contribution < 1.29 is 67.3 Å². The number of esters is 3. The van der Waals surface area contributed by atoms with E-state index in [1.165, 1.54) is 32.4 Å². The number of nitrogens with zero attached hydrogens (tertiary/aromatic N) is 1. The highest BCUT2D eigenvalue weighted by Crippen LogP contribution is 2.65. The lowest BCUT2D eigenvalue weighted by Crippen LogP contribution is -2.78. The van der Waals surface area contributed by atoms with Crippen LogP contribution in [0, 0.1) is 16.7 Å². The van der Waals surface area contributed by atoms with Gasteiger partial charge < -0.3 is 53.4 Å². The number of pyridine rings is 1. The molecule has 0 radical (unpaired) electrons. The quantitative estimate of drug-likeness (QED) is 0.157. The van der Waals surface area contributed by atoms with E-state index >= 15 is 0 Å². The summed E-state index contributed by atoms with van der Waals surface area (Å²) in [5, 5.41) is 21.5. The zero-order chi connectivity index (χ0) is 45.9. The fraction of sp³-hybridized carbons (Fsp3) is 0.543. The molecule has 5 aliphatic rings. The summed E-state index contributed by atoms with van der Waals surface area (Å²) < 4.78 is 57.4. The number of carbonyl (C=O) groups excluding carboxylic acids is 4. The molecule has 12 atom stereocenters. The molecule has 2 aliphatic heterocycles. The van der Waals surface area contributed by atoms with Gasteiger partial charge in [0, 0.05) is 24.2 Å². The first-order chi connectivity index (χ1) is 29.6. The van der Waals surface area contributed by atoms with Gasteiger partial charge in [0.2, 0.25) is 1.43 Å². The number of carbonyl (C=O) groups is 4. The minimum atomic E-state index is -2.13. The minimum Gasteiger partial charge on any atom is -0.495 e. The molecule has 16 nitrogen and oxygen atoms in total. The van der Waals surface area contributed by atoms with Gasteiger partial charge in [-0.2, -0.15) is 0 Å². The molecule has 3 fully saturated rings. The largest absolute Gasteiger partial charge is 0.495 e. The summed E-state index contributed by atoms with van der Waals surface area (Å²) in [5.74, 6) is -3.17. The Kier molecular flexibility index (Phi) is 11.4. The number of amides is 1. The molecule has 1 aromatic carbocycles. The van der Waals surface area contributed by atoms with E-state index in [9.17, 15) is 24.3 Å². The number of benzene rings is 1. The van der Waals surface area contributed by atoms with Crippen molar-refractivity contribution in [2.75, 3.05) is 13.7 Å². The van der Waals surface area contributed by atoms with Crippen molar-refractivity contribution in [2.24, 2.45) is 16.7 Å². The molecule has 16 heteroatoms. The Hall–Kier alpha value is -5.13. The number of methoxy groups -OCH3 is 1. The summed E-state index contributed by atoms with van der Waals surface area (Å²) in [5.41, 5.74) is -5.78. The second-order valence-corrected chi connectivity index (χ2v) is 18.3. The van der Waals surface area contributed by atoms with Crippen molar-refractivity contribution >= 4 is 24.0 Å². The monoisotopic (exact) mass is 862 g/mol. The third kappa shape index (κ3) is 7.59. The number of aliphatic hydroxyl groups is 2. The van der Waals surface area contributed by atoms with Crippen molar-refractivity contribution in [3.05, 3.63) is 95.9 Å². The van der Waals surface area contributed by atoms with E-state index < -0.39 is 107 Å². The third-order valence-electron chi connectivity index (χ3n) is 13.0. The number of nitrogens with one attached hydrogen (secondary N) is 1. The van der Waals surface area contributed by atoms with Crippen LogP contribution in [-0.4, -0.2) is 114 Å². The van der Waals surface area contributed by atoms with Gasteiger partial charge in [0.15, 0.2) is 18.0 Å². The maximum atomic E-state index is 14.6. The third-order valence-corrected chi connectivity index (χ3v) is 13.0. The Balaban J connectivity index is 1.38. The van der Waals surface area contributed by atoms with E-state index in [4.69, 9.17) is 44.4 Å². The highest BCUT2D eigenvalue weighted by Gasteiger charge is 2.76. The average molecular weight is 863 g/mol. The minimum absolute atomic E-state index is 0.102. The molecule has 62 heavy (non-hydrogen) atoms. The molecule has 1 saturated carbocycles. The molecule has 1 aromatic heterocycles. The van der Waals surface area contributed by atoms with Crippen LogP contribution in [0.15, 0.2) is 84.6 Å². The number of aliphatic hydroxyl groups excluding tert-OH is 1. The predicted molar refractivity (Wildman–Crippen MR) is 219 cm³/mol. The van der Waals surface area contributed by atoms with Crippen LogP contribution in [0.1, 0.15) is 83.9 Å². The molecule has 2 bridgehead atoms. The molecule has 1 amide bonds. The van der Waals surface area contributed by atoms with Crippen molar-refractivity contribution in [2.45, 2.75) is 128 Å². The van der Waals surface area contributed by atoms with E-state index in [0.717, 1.165) is 0 Å². The van der Waals surface area contributed by atoms with Crippen LogP contribution in [0.5, 0.6) is 5.75 Å². The molecule has 3 aliphatic carbocycles. The van der Waals surface area contributed by atoms with Gasteiger partial charge in [-0.1, -0.05) is 57.7 Å². The first-order valence-corrected chi connectivity index (χ1v) is 20.6. The van der Waals surface area contributed by atoms with Crippen LogP contribution >= 0.6 is 0 Å². The molecule has 2 saturated heterocycles. The van der Waals surface area contributed by atoms with Crippen LogP contribution in [0.3, 0.4) is 0 Å². The number of alkyl carbamates (subject to hydrolysis) is 1. The van der Waals surface area contributed by atoms with Crippen LogP contribution in [-0.2, 0) is 42.7 Å². The number of aromatic nitrogens is 1. The highest BCUT2D eigenvalue weighted by atomic mass is 16.7. The van der Waals surface area contributed by atoms with E-state index in [1.807, 2.05) is 13.0 Å². The molecule has 0 unspecified atom stereocenters. The first-order valence-electron chi connectivity index (χ1n) is 21.0. The zero-order valence-electron chi connectivity index (χ0n) is 37.4. The van der Waals surface area contributed by atoms with Crippen molar-refractivity contribution in [1.82, 2.24) is 10.3 Å². The van der Waals surface area contributed by atoms with E-state index in [2.05, 4.69) is 16.9 Å². The molecule has 334 valence electrons. The van der Waals surface area contributed by atoms with E-state index in [1.54, 1.807) is 84.0 Å². The second kappa shape index (κ2) is 16.2. The van der Waals surface area contributed by atoms with Gasteiger partial charge in [0.05, 0.1) is 37.1 Å². The predicted octanol–water partition coefficient (Wildman–Crippen LogP) is 4.83. The van der Waals surface area contributed by atoms with Gasteiger partial charge >= 0.3 is 24.0 Å². The van der Waals surface area contributed by atoms with Crippen LogP contribution < -0.4 is 10.1 Å². The van der Waals surface area contributed by atoms with E-state index in [0.29, 0.717) is 16.9 Å². The standard InChI is InChI=1S/C46H56N2O14/c1-11-31-58-35-32-24(2)29(57-40(52)34(50)33(48-41(53)62-42(4,5)6)28-18-17-27(55-10)22-47-28)21-46(54,43(32,7)8)38(60-39(51)26-15-13-12-14-16-26)36-44(9,37(35)59-31)20-19-30-45(36,23-56-30)61-25(3)49/h11-20,22,29-31,33-38,50,54H,1,21,23H2,2-10H3,(H,48,53)/t29-,30+,31+,33-,34+,35+,36-,37+,38-,44+,45-,46+/m0/s1/i50T. The molecule has 3 N–H and O–H groups in total. The number of hydrogen-bond donors (Lipinski definition) is 3. The highest BCUT2D eigenvalue weighted by molar-refractivity contribution is 5.89. The summed E-state index contributed by atoms with van der Waals surface area (Å²) in [7, 11) is 1.45. The number of hydrogen-bond acceptors (Lipinski definition) is 15. The molecule has 2 aromatic rings. The first kappa shape index (κ1) is 43.5. The fourth-order valence-electron chi connectivity index (χ4n) is 10.0. The van der Waals surface area contributed by atoms with Crippen molar-refractivity contribution in [3.63, 3.8) is 0 Å². The fourth-order valence-corrected chi connectivity index (χ4v) is 10.0. The zero-order valence-corrected chi connectivity index (χ0v) is 36.4. The molecular weight excluding hydrogens is 805 g/mol. The van der Waals surface area contributed by atoms with Gasteiger partial charge in [-0.25, -0.2) is 14.4 Å². The van der Waals surface area contributed by atoms with Crippen LogP contribution in [0.25, 0.3) is 0 Å². The Morgan fingerprint density at radius 3 is 2.39 bits per heavy atom. The Morgan fingerprint density at radius 1 is 1.08 bits per heavy atom. The molecular formula is C46H56N2O14. The summed E-state index contributed by atoms with van der Waals surface area (Å²) in [4.78, 5) is 59.7. The number of fused-ring (bicyclic) bond motifs is 8. The summed E-state index contributed by atoms with van der Waals surface area (Å²) in [6.07, 6.45) is -2.95. The summed E-state index contributed by atoms with van der Waals surface area (Å²) in [6, 6.07) is 9.89. The molecule has 7 rings (SSSR count). The maximum absolute atomic E-state index is 14.6. The van der Waals surface area contributed by atoms with Crippen molar-refractivity contribution in [3.8, 4) is 5.75 Å². The Morgan fingerprint density at radius 2 is 1.81 bits per heavy atom. The van der Waals surface area contributed by atoms with Gasteiger partial charge in [-0.05, 0) is 69.2 Å². The lowest BCUT2D eigenvalue weighted by atomic mass is 9.46. The van der Waals surface area contributed by atoms with E-state index in [-0.39, 0.29) is 24.3 Å². The van der Waals surface area contributed by atoms with Gasteiger partial charge in [-0.15, -0.1) is 0 Å². The maximum Gasteiger partial charge on any atom is 0.408 e. The van der Waals surface area contributed by atoms with Gasteiger partial charge in [0.1, 0.15) is 53.5 Å². The second-order valence-electron chi connectivity index (χ2n) is 18.3. The van der Waals surface area contributed by atoms with Crippen LogP contribution in [0.4, 0.5) is 4.79 Å². The molecule has 0 spiro atoms. The van der Waals surface area contributed by atoms with Gasteiger partial charge in [0.25, 0.3) is 0 Å².